The van der Waals surface area contributed by atoms with E-state index in [2.05, 4.69) is 9.46 Å². The van der Waals surface area contributed by atoms with Crippen molar-refractivity contribution in [2.45, 2.75) is 11.8 Å². The molecule has 1 N–H and O–H groups in total. The first-order valence-corrected chi connectivity index (χ1v) is 8.74. The molecule has 2 rings (SSSR count). The maximum absolute atomic E-state index is 12.7. The zero-order chi connectivity index (χ0) is 18.6. The van der Waals surface area contributed by atoms with Crippen LogP contribution in [0, 0.1) is 6.92 Å². The van der Waals surface area contributed by atoms with Crippen LogP contribution in [0.2, 0.25) is 0 Å². The molecule has 0 radical (unpaired) electrons. The molecule has 0 aromatic heterocycles. The number of sulfonamides is 1. The normalized spacial score (nSPS) is 10.9. The van der Waals surface area contributed by atoms with Crippen LogP contribution in [0.1, 0.15) is 15.9 Å². The van der Waals surface area contributed by atoms with Crippen LogP contribution in [0.3, 0.4) is 0 Å². The van der Waals surface area contributed by atoms with Crippen LogP contribution >= 0.6 is 0 Å². The largest absolute Gasteiger partial charge is 0.497 e. The summed E-state index contributed by atoms with van der Waals surface area (Å²) in [4.78, 5) is 11.6. The molecule has 0 heterocycles. The molecule has 8 heteroatoms. The average molecular weight is 365 g/mol. The van der Waals surface area contributed by atoms with Crippen molar-refractivity contribution >= 4 is 21.7 Å². The fourth-order valence-electron chi connectivity index (χ4n) is 2.17. The lowest BCUT2D eigenvalue weighted by atomic mass is 10.1. The molecule has 0 atom stereocenters. The monoisotopic (exact) mass is 365 g/mol. The summed E-state index contributed by atoms with van der Waals surface area (Å²) >= 11 is 0. The predicted molar refractivity (Wildman–Crippen MR) is 92.9 cm³/mol. The Kier molecular flexibility index (Phi) is 5.53. The maximum atomic E-state index is 12.7. The quantitative estimate of drug-likeness (QED) is 0.791. The van der Waals surface area contributed by atoms with Gasteiger partial charge in [0.1, 0.15) is 16.4 Å². The van der Waals surface area contributed by atoms with E-state index in [4.69, 9.17) is 9.47 Å². The number of methoxy groups -OCH3 is 3. The topological polar surface area (TPSA) is 90.9 Å². The first-order chi connectivity index (χ1) is 11.8. The molecule has 2 aromatic carbocycles. The van der Waals surface area contributed by atoms with Gasteiger partial charge in [-0.05, 0) is 36.8 Å². The average Bonchev–Trinajstić information content (AvgIpc) is 2.61. The van der Waals surface area contributed by atoms with Crippen molar-refractivity contribution in [3.63, 3.8) is 0 Å². The van der Waals surface area contributed by atoms with Crippen molar-refractivity contribution in [3.8, 4) is 11.5 Å². The minimum Gasteiger partial charge on any atom is -0.497 e. The van der Waals surface area contributed by atoms with E-state index >= 15 is 0 Å². The molecule has 7 nitrogen and oxygen atoms in total. The van der Waals surface area contributed by atoms with Gasteiger partial charge in [-0.15, -0.1) is 0 Å². The Morgan fingerprint density at radius 3 is 2.32 bits per heavy atom. The van der Waals surface area contributed by atoms with Crippen LogP contribution in [-0.2, 0) is 14.8 Å². The summed E-state index contributed by atoms with van der Waals surface area (Å²) < 4.78 is 42.8. The van der Waals surface area contributed by atoms with Crippen LogP contribution in [0.15, 0.2) is 41.3 Å². The molecule has 0 fully saturated rings. The molecule has 2 aromatic rings. The molecule has 0 aliphatic carbocycles. The van der Waals surface area contributed by atoms with E-state index in [0.717, 1.165) is 0 Å². The SMILES string of the molecule is COC(=O)c1ccc(C)c(NS(=O)(=O)c2ccc(OC)cc2OC)c1. The number of anilines is 1. The lowest BCUT2D eigenvalue weighted by Gasteiger charge is -2.14. The van der Waals surface area contributed by atoms with Crippen molar-refractivity contribution in [3.05, 3.63) is 47.5 Å². The van der Waals surface area contributed by atoms with Crippen LogP contribution in [0.25, 0.3) is 0 Å². The van der Waals surface area contributed by atoms with Gasteiger partial charge in [0.05, 0.1) is 32.6 Å². The summed E-state index contributed by atoms with van der Waals surface area (Å²) in [5.41, 5.74) is 1.18. The maximum Gasteiger partial charge on any atom is 0.337 e. The van der Waals surface area contributed by atoms with Gasteiger partial charge in [-0.25, -0.2) is 13.2 Å². The fraction of sp³-hybridized carbons (Fsp3) is 0.235. The molecule has 0 aliphatic heterocycles. The highest BCUT2D eigenvalue weighted by Crippen LogP contribution is 2.30. The summed E-state index contributed by atoms with van der Waals surface area (Å²) in [5.74, 6) is 0.0655. The number of benzene rings is 2. The molecule has 0 bridgehead atoms. The van der Waals surface area contributed by atoms with E-state index in [1.807, 2.05) is 0 Å². The van der Waals surface area contributed by atoms with Crippen molar-refractivity contribution in [2.24, 2.45) is 0 Å². The standard InChI is InChI=1S/C17H19NO6S/c1-11-5-6-12(17(19)24-4)9-14(11)18-25(20,21)16-8-7-13(22-2)10-15(16)23-3/h5-10,18H,1-4H3. The van der Waals surface area contributed by atoms with Crippen molar-refractivity contribution in [1.82, 2.24) is 0 Å². The second kappa shape index (κ2) is 7.43. The van der Waals surface area contributed by atoms with Crippen LogP contribution in [-0.4, -0.2) is 35.7 Å². The molecule has 0 aliphatic rings. The minimum atomic E-state index is -3.94. The Morgan fingerprint density at radius 2 is 1.72 bits per heavy atom. The van der Waals surface area contributed by atoms with Gasteiger partial charge < -0.3 is 14.2 Å². The second-order valence-electron chi connectivity index (χ2n) is 5.14. The zero-order valence-corrected chi connectivity index (χ0v) is 15.1. The lowest BCUT2D eigenvalue weighted by Crippen LogP contribution is -2.15. The molecule has 134 valence electrons. The highest BCUT2D eigenvalue weighted by Gasteiger charge is 2.21. The molecule has 0 unspecified atom stereocenters. The van der Waals surface area contributed by atoms with Crippen LogP contribution < -0.4 is 14.2 Å². The third-order valence-electron chi connectivity index (χ3n) is 3.56. The lowest BCUT2D eigenvalue weighted by molar-refractivity contribution is 0.0600. The molecule has 0 amide bonds. The number of rotatable bonds is 6. The van der Waals surface area contributed by atoms with Gasteiger partial charge in [0.15, 0.2) is 0 Å². The Bertz CT molecular complexity index is 892. The van der Waals surface area contributed by atoms with E-state index in [-0.39, 0.29) is 21.9 Å². The number of nitrogens with one attached hydrogen (secondary N) is 1. The van der Waals surface area contributed by atoms with Gasteiger partial charge >= 0.3 is 5.97 Å². The number of ether oxygens (including phenoxy) is 3. The Labute approximate surface area is 146 Å². The summed E-state index contributed by atoms with van der Waals surface area (Å²) in [5, 5.41) is 0. The Balaban J connectivity index is 2.44. The van der Waals surface area contributed by atoms with E-state index in [0.29, 0.717) is 11.3 Å². The number of esters is 1. The third-order valence-corrected chi connectivity index (χ3v) is 4.97. The van der Waals surface area contributed by atoms with E-state index in [1.54, 1.807) is 19.1 Å². The summed E-state index contributed by atoms with van der Waals surface area (Å²) in [7, 11) is 0.170. The minimum absolute atomic E-state index is 0.0429. The Hall–Kier alpha value is -2.74. The first kappa shape index (κ1) is 18.6. The van der Waals surface area contributed by atoms with Crippen LogP contribution in [0.5, 0.6) is 11.5 Å². The third kappa shape index (κ3) is 4.03. The second-order valence-corrected chi connectivity index (χ2v) is 6.79. The molecular weight excluding hydrogens is 346 g/mol. The van der Waals surface area contributed by atoms with Gasteiger partial charge in [-0.3, -0.25) is 4.72 Å². The number of carbonyl (C=O) groups is 1. The van der Waals surface area contributed by atoms with E-state index in [1.165, 1.54) is 45.6 Å². The van der Waals surface area contributed by atoms with E-state index < -0.39 is 16.0 Å². The molecule has 0 saturated heterocycles. The highest BCUT2D eigenvalue weighted by molar-refractivity contribution is 7.92. The summed E-state index contributed by atoms with van der Waals surface area (Å²) in [6.45, 7) is 1.73. The van der Waals surface area contributed by atoms with Gasteiger partial charge in [-0.2, -0.15) is 0 Å². The van der Waals surface area contributed by atoms with Gasteiger partial charge in [0, 0.05) is 6.07 Å². The number of aryl methyl sites for hydroxylation is 1. The van der Waals surface area contributed by atoms with Crippen molar-refractivity contribution in [1.29, 1.82) is 0 Å². The smallest absolute Gasteiger partial charge is 0.337 e. The fourth-order valence-corrected chi connectivity index (χ4v) is 3.45. The zero-order valence-electron chi connectivity index (χ0n) is 14.3. The van der Waals surface area contributed by atoms with Crippen molar-refractivity contribution < 1.29 is 27.4 Å². The molecule has 25 heavy (non-hydrogen) atoms. The Morgan fingerprint density at radius 1 is 1.00 bits per heavy atom. The van der Waals surface area contributed by atoms with Gasteiger partial charge in [0.2, 0.25) is 0 Å². The number of hydrogen-bond donors (Lipinski definition) is 1. The summed E-state index contributed by atoms with van der Waals surface area (Å²) in [6.07, 6.45) is 0. The van der Waals surface area contributed by atoms with Gasteiger partial charge in [0.25, 0.3) is 10.0 Å². The van der Waals surface area contributed by atoms with E-state index in [9.17, 15) is 13.2 Å². The predicted octanol–water partition coefficient (Wildman–Crippen LogP) is 2.60. The molecular formula is C17H19NO6S. The number of carbonyl (C=O) groups excluding carboxylic acids is 1. The number of hydrogen-bond acceptors (Lipinski definition) is 6. The van der Waals surface area contributed by atoms with Crippen LogP contribution in [0.4, 0.5) is 5.69 Å². The molecule has 0 saturated carbocycles. The van der Waals surface area contributed by atoms with Crippen molar-refractivity contribution in [2.75, 3.05) is 26.1 Å². The van der Waals surface area contributed by atoms with Gasteiger partial charge in [-0.1, -0.05) is 6.07 Å². The molecule has 0 spiro atoms. The highest BCUT2D eigenvalue weighted by atomic mass is 32.2. The first-order valence-electron chi connectivity index (χ1n) is 7.26. The summed E-state index contributed by atoms with van der Waals surface area (Å²) in [6, 6.07) is 9.01.